The van der Waals surface area contributed by atoms with Crippen LogP contribution in [0, 0.1) is 6.92 Å². The Morgan fingerprint density at radius 2 is 1.95 bits per heavy atom. The van der Waals surface area contributed by atoms with Crippen LogP contribution in [0.4, 0.5) is 0 Å². The van der Waals surface area contributed by atoms with Gasteiger partial charge in [-0.3, -0.25) is 0 Å². The van der Waals surface area contributed by atoms with Crippen molar-refractivity contribution in [2.75, 3.05) is 0 Å². The maximum Gasteiger partial charge on any atom is 0.140 e. The van der Waals surface area contributed by atoms with Gasteiger partial charge in [0.1, 0.15) is 11.6 Å². The summed E-state index contributed by atoms with van der Waals surface area (Å²) in [6.07, 6.45) is 0. The summed E-state index contributed by atoms with van der Waals surface area (Å²) >= 11 is 3.45. The molecule has 0 unspecified atom stereocenters. The van der Waals surface area contributed by atoms with Gasteiger partial charge in [0.05, 0.1) is 11.0 Å². The zero-order valence-corrected chi connectivity index (χ0v) is 12.3. The molecule has 3 rings (SSSR count). The molecule has 0 bridgehead atoms. The SMILES string of the molecule is Cc1ccc(-c2nc3cc(Br)ccc3n2C)cc1O. The minimum absolute atomic E-state index is 0.297. The quantitative estimate of drug-likeness (QED) is 0.736. The smallest absolute Gasteiger partial charge is 0.140 e. The van der Waals surface area contributed by atoms with Gasteiger partial charge < -0.3 is 9.67 Å². The molecule has 0 aliphatic rings. The number of benzene rings is 2. The number of aromatic nitrogens is 2. The highest BCUT2D eigenvalue weighted by Gasteiger charge is 2.11. The first-order valence-electron chi connectivity index (χ1n) is 5.98. The van der Waals surface area contributed by atoms with E-state index in [1.165, 1.54) is 0 Å². The van der Waals surface area contributed by atoms with Gasteiger partial charge in [-0.15, -0.1) is 0 Å². The Bertz CT molecular complexity index is 777. The molecule has 1 aromatic heterocycles. The molecule has 0 atom stereocenters. The molecule has 2 aromatic carbocycles. The second kappa shape index (κ2) is 4.38. The minimum atomic E-state index is 0.297. The van der Waals surface area contributed by atoms with Gasteiger partial charge in [-0.2, -0.15) is 0 Å². The molecule has 1 N–H and O–H groups in total. The summed E-state index contributed by atoms with van der Waals surface area (Å²) in [6.45, 7) is 1.88. The van der Waals surface area contributed by atoms with E-state index in [4.69, 9.17) is 0 Å². The second-order valence-electron chi connectivity index (χ2n) is 4.63. The van der Waals surface area contributed by atoms with Gasteiger partial charge in [0.2, 0.25) is 0 Å². The van der Waals surface area contributed by atoms with Crippen LogP contribution in [0.3, 0.4) is 0 Å². The summed E-state index contributed by atoms with van der Waals surface area (Å²) in [5.74, 6) is 1.15. The lowest BCUT2D eigenvalue weighted by molar-refractivity contribution is 0.471. The third kappa shape index (κ3) is 2.02. The molecule has 19 heavy (non-hydrogen) atoms. The Morgan fingerprint density at radius 1 is 1.16 bits per heavy atom. The number of imidazole rings is 1. The predicted molar refractivity (Wildman–Crippen MR) is 80.3 cm³/mol. The van der Waals surface area contributed by atoms with Crippen LogP contribution in [0.1, 0.15) is 5.56 Å². The largest absolute Gasteiger partial charge is 0.508 e. The third-order valence-corrected chi connectivity index (χ3v) is 3.80. The maximum absolute atomic E-state index is 9.83. The molecule has 4 heteroatoms. The van der Waals surface area contributed by atoms with Crippen LogP contribution >= 0.6 is 15.9 Å². The van der Waals surface area contributed by atoms with Gasteiger partial charge in [-0.05, 0) is 36.8 Å². The van der Waals surface area contributed by atoms with Crippen LogP contribution in [0.5, 0.6) is 5.75 Å². The summed E-state index contributed by atoms with van der Waals surface area (Å²) in [5, 5.41) is 9.83. The molecular weight excluding hydrogens is 304 g/mol. The number of fused-ring (bicyclic) bond motifs is 1. The van der Waals surface area contributed by atoms with Gasteiger partial charge in [0.25, 0.3) is 0 Å². The molecule has 96 valence electrons. The van der Waals surface area contributed by atoms with Crippen molar-refractivity contribution in [1.82, 2.24) is 9.55 Å². The van der Waals surface area contributed by atoms with E-state index < -0.39 is 0 Å². The van der Waals surface area contributed by atoms with E-state index in [2.05, 4.69) is 20.9 Å². The van der Waals surface area contributed by atoms with Crippen molar-refractivity contribution < 1.29 is 5.11 Å². The highest BCUT2D eigenvalue weighted by Crippen LogP contribution is 2.28. The molecule has 0 saturated heterocycles. The lowest BCUT2D eigenvalue weighted by Gasteiger charge is -2.04. The van der Waals surface area contributed by atoms with Crippen molar-refractivity contribution in [3.63, 3.8) is 0 Å². The number of halogens is 1. The molecule has 0 amide bonds. The number of rotatable bonds is 1. The van der Waals surface area contributed by atoms with Gasteiger partial charge >= 0.3 is 0 Å². The van der Waals surface area contributed by atoms with Crippen molar-refractivity contribution in [2.45, 2.75) is 6.92 Å². The number of aryl methyl sites for hydroxylation is 2. The predicted octanol–water partition coefficient (Wildman–Crippen LogP) is 4.02. The Morgan fingerprint density at radius 3 is 2.68 bits per heavy atom. The molecule has 3 nitrogen and oxygen atoms in total. The lowest BCUT2D eigenvalue weighted by atomic mass is 10.1. The molecule has 0 fully saturated rings. The standard InChI is InChI=1S/C15H13BrN2O/c1-9-3-4-10(7-14(9)19)15-17-12-8-11(16)5-6-13(12)18(15)2/h3-8,19H,1-2H3. The molecule has 0 spiro atoms. The van der Waals surface area contributed by atoms with Crippen LogP contribution in [-0.2, 0) is 7.05 Å². The van der Waals surface area contributed by atoms with E-state index in [-0.39, 0.29) is 0 Å². The van der Waals surface area contributed by atoms with Gasteiger partial charge in [0, 0.05) is 17.1 Å². The Labute approximate surface area is 119 Å². The zero-order chi connectivity index (χ0) is 13.6. The summed E-state index contributed by atoms with van der Waals surface area (Å²) in [4.78, 5) is 4.64. The first-order chi connectivity index (χ1) is 9.06. The van der Waals surface area contributed by atoms with E-state index in [1.54, 1.807) is 6.07 Å². The van der Waals surface area contributed by atoms with Crippen molar-refractivity contribution >= 4 is 27.0 Å². The zero-order valence-electron chi connectivity index (χ0n) is 10.7. The summed E-state index contributed by atoms with van der Waals surface area (Å²) in [7, 11) is 1.98. The highest BCUT2D eigenvalue weighted by molar-refractivity contribution is 9.10. The topological polar surface area (TPSA) is 38.0 Å². The highest BCUT2D eigenvalue weighted by atomic mass is 79.9. The fourth-order valence-electron chi connectivity index (χ4n) is 2.18. The fourth-order valence-corrected chi connectivity index (χ4v) is 2.53. The van der Waals surface area contributed by atoms with Gasteiger partial charge in [0.15, 0.2) is 0 Å². The monoisotopic (exact) mass is 316 g/mol. The average molecular weight is 317 g/mol. The van der Waals surface area contributed by atoms with Crippen molar-refractivity contribution in [2.24, 2.45) is 7.05 Å². The average Bonchev–Trinajstić information content (AvgIpc) is 2.70. The molecule has 0 aliphatic heterocycles. The molecule has 0 aliphatic carbocycles. The lowest BCUT2D eigenvalue weighted by Crippen LogP contribution is -1.92. The van der Waals surface area contributed by atoms with Crippen molar-refractivity contribution in [1.29, 1.82) is 0 Å². The first kappa shape index (κ1) is 12.2. The van der Waals surface area contributed by atoms with Gasteiger partial charge in [-0.25, -0.2) is 4.98 Å². The molecule has 0 saturated carbocycles. The number of aromatic hydroxyl groups is 1. The van der Waals surface area contributed by atoms with Crippen molar-refractivity contribution in [3.8, 4) is 17.1 Å². The second-order valence-corrected chi connectivity index (χ2v) is 5.54. The van der Waals surface area contributed by atoms with Gasteiger partial charge in [-0.1, -0.05) is 28.1 Å². The number of phenolic OH excluding ortho intramolecular Hbond substituents is 1. The van der Waals surface area contributed by atoms with Crippen LogP contribution in [0.25, 0.3) is 22.4 Å². The number of hydrogen-bond donors (Lipinski definition) is 1. The first-order valence-corrected chi connectivity index (χ1v) is 6.77. The van der Waals surface area contributed by atoms with E-state index in [0.717, 1.165) is 32.5 Å². The normalized spacial score (nSPS) is 11.1. The number of phenols is 1. The van der Waals surface area contributed by atoms with Crippen molar-refractivity contribution in [3.05, 3.63) is 46.4 Å². The fraction of sp³-hybridized carbons (Fsp3) is 0.133. The molecule has 0 radical (unpaired) electrons. The summed E-state index contributed by atoms with van der Waals surface area (Å²) in [5.41, 5.74) is 3.79. The molecular formula is C15H13BrN2O. The summed E-state index contributed by atoms with van der Waals surface area (Å²) in [6, 6.07) is 11.7. The third-order valence-electron chi connectivity index (χ3n) is 3.31. The molecule has 1 heterocycles. The van der Waals surface area contributed by atoms with Crippen LogP contribution in [0.15, 0.2) is 40.9 Å². The van der Waals surface area contributed by atoms with E-state index in [1.807, 2.05) is 48.9 Å². The van der Waals surface area contributed by atoms with E-state index in [9.17, 15) is 5.11 Å². The van der Waals surface area contributed by atoms with E-state index in [0.29, 0.717) is 5.75 Å². The number of hydrogen-bond acceptors (Lipinski definition) is 2. The Balaban J connectivity index is 2.24. The Kier molecular flexibility index (Phi) is 2.82. The minimum Gasteiger partial charge on any atom is -0.508 e. The van der Waals surface area contributed by atoms with Crippen LogP contribution < -0.4 is 0 Å². The number of nitrogens with zero attached hydrogens (tertiary/aromatic N) is 2. The maximum atomic E-state index is 9.83. The Hall–Kier alpha value is -1.81. The molecule has 3 aromatic rings. The van der Waals surface area contributed by atoms with Crippen LogP contribution in [-0.4, -0.2) is 14.7 Å². The van der Waals surface area contributed by atoms with Crippen LogP contribution in [0.2, 0.25) is 0 Å². The van der Waals surface area contributed by atoms with E-state index >= 15 is 0 Å². The summed E-state index contributed by atoms with van der Waals surface area (Å²) < 4.78 is 3.04.